The fraction of sp³-hybridized carbons (Fsp3) is 0.364. The Morgan fingerprint density at radius 3 is 2.67 bits per heavy atom. The Morgan fingerprint density at radius 2 is 2.07 bits per heavy atom. The van der Waals surface area contributed by atoms with Crippen molar-refractivity contribution < 1.29 is 4.39 Å². The van der Waals surface area contributed by atoms with Crippen molar-refractivity contribution in [1.82, 2.24) is 4.98 Å². The second kappa shape index (κ2) is 5.07. The van der Waals surface area contributed by atoms with Gasteiger partial charge in [0.05, 0.1) is 4.70 Å². The quantitative estimate of drug-likeness (QED) is 0.806. The second-order valence-electron chi connectivity index (χ2n) is 2.83. The van der Waals surface area contributed by atoms with Crippen molar-refractivity contribution in [3.63, 3.8) is 0 Å². The SMILES string of the molecule is CC.CCc1cc(F)c2nc(N)sc2c1. The van der Waals surface area contributed by atoms with Gasteiger partial charge >= 0.3 is 0 Å². The van der Waals surface area contributed by atoms with E-state index in [4.69, 9.17) is 5.73 Å². The number of fused-ring (bicyclic) bond motifs is 1. The summed E-state index contributed by atoms with van der Waals surface area (Å²) < 4.78 is 14.2. The van der Waals surface area contributed by atoms with Gasteiger partial charge in [0.2, 0.25) is 0 Å². The summed E-state index contributed by atoms with van der Waals surface area (Å²) in [5, 5.41) is 0.419. The molecule has 0 saturated carbocycles. The fourth-order valence-electron chi connectivity index (χ4n) is 1.26. The molecule has 0 aliphatic carbocycles. The summed E-state index contributed by atoms with van der Waals surface area (Å²) in [5.41, 5.74) is 6.86. The molecule has 15 heavy (non-hydrogen) atoms. The van der Waals surface area contributed by atoms with E-state index in [1.165, 1.54) is 17.4 Å². The number of nitrogens with two attached hydrogens (primary N) is 1. The van der Waals surface area contributed by atoms with Crippen molar-refractivity contribution >= 4 is 26.7 Å². The van der Waals surface area contributed by atoms with Crippen LogP contribution in [0.5, 0.6) is 0 Å². The first-order chi connectivity index (χ1) is 7.20. The fourth-order valence-corrected chi connectivity index (χ4v) is 2.08. The Kier molecular flexibility index (Phi) is 4.03. The zero-order valence-electron chi connectivity index (χ0n) is 9.17. The highest BCUT2D eigenvalue weighted by atomic mass is 32.1. The van der Waals surface area contributed by atoms with Crippen molar-refractivity contribution in [1.29, 1.82) is 0 Å². The molecule has 0 fully saturated rings. The van der Waals surface area contributed by atoms with Crippen LogP contribution in [0, 0.1) is 5.82 Å². The van der Waals surface area contributed by atoms with E-state index in [0.29, 0.717) is 10.6 Å². The summed E-state index contributed by atoms with van der Waals surface area (Å²) in [6.45, 7) is 5.99. The molecule has 0 amide bonds. The molecule has 0 saturated heterocycles. The molecule has 0 spiro atoms. The smallest absolute Gasteiger partial charge is 0.181 e. The first kappa shape index (κ1) is 11.9. The van der Waals surface area contributed by atoms with Crippen molar-refractivity contribution in [2.24, 2.45) is 0 Å². The molecule has 4 heteroatoms. The number of nitrogens with zero attached hydrogens (tertiary/aromatic N) is 1. The summed E-state index contributed by atoms with van der Waals surface area (Å²) in [4.78, 5) is 3.91. The third kappa shape index (κ3) is 2.45. The zero-order valence-corrected chi connectivity index (χ0v) is 9.99. The van der Waals surface area contributed by atoms with Crippen molar-refractivity contribution in [3.8, 4) is 0 Å². The van der Waals surface area contributed by atoms with Crippen LogP contribution in [0.15, 0.2) is 12.1 Å². The Balaban J connectivity index is 0.000000531. The molecule has 0 bridgehead atoms. The van der Waals surface area contributed by atoms with Crippen molar-refractivity contribution in [2.45, 2.75) is 27.2 Å². The number of benzene rings is 1. The standard InChI is InChI=1S/C9H9FN2S.C2H6/c1-2-5-3-6(10)8-7(4-5)13-9(11)12-8;1-2/h3-4H,2H2,1H3,(H2,11,12);1-2H3. The summed E-state index contributed by atoms with van der Waals surface area (Å²) >= 11 is 1.32. The van der Waals surface area contributed by atoms with Gasteiger partial charge in [-0.3, -0.25) is 0 Å². The molecule has 0 radical (unpaired) electrons. The third-order valence-corrected chi connectivity index (χ3v) is 2.76. The number of thiazole rings is 1. The molecule has 2 rings (SSSR count). The lowest BCUT2D eigenvalue weighted by Gasteiger charge is -1.96. The van der Waals surface area contributed by atoms with Gasteiger partial charge < -0.3 is 5.73 Å². The predicted molar refractivity (Wildman–Crippen MR) is 64.7 cm³/mol. The first-order valence-electron chi connectivity index (χ1n) is 5.05. The average molecular weight is 226 g/mol. The highest BCUT2D eigenvalue weighted by Gasteiger charge is 2.07. The minimum Gasteiger partial charge on any atom is -0.375 e. The van der Waals surface area contributed by atoms with E-state index in [-0.39, 0.29) is 5.82 Å². The number of aromatic nitrogens is 1. The lowest BCUT2D eigenvalue weighted by Crippen LogP contribution is -1.85. The molecule has 82 valence electrons. The molecule has 2 aromatic rings. The molecule has 0 aliphatic rings. The second-order valence-corrected chi connectivity index (χ2v) is 3.89. The summed E-state index contributed by atoms with van der Waals surface area (Å²) in [6.07, 6.45) is 0.824. The Hall–Kier alpha value is -1.16. The molecular formula is C11H15FN2S. The van der Waals surface area contributed by atoms with E-state index < -0.39 is 0 Å². The summed E-state index contributed by atoms with van der Waals surface area (Å²) in [7, 11) is 0. The lowest BCUT2D eigenvalue weighted by molar-refractivity contribution is 0.635. The maximum atomic E-state index is 13.3. The van der Waals surface area contributed by atoms with Gasteiger partial charge in [-0.05, 0) is 24.1 Å². The van der Waals surface area contributed by atoms with Crippen LogP contribution >= 0.6 is 11.3 Å². The monoisotopic (exact) mass is 226 g/mol. The molecule has 1 aromatic carbocycles. The number of rotatable bonds is 1. The molecule has 2 N–H and O–H groups in total. The van der Waals surface area contributed by atoms with Crippen LogP contribution in [0.2, 0.25) is 0 Å². The topological polar surface area (TPSA) is 38.9 Å². The van der Waals surface area contributed by atoms with Gasteiger partial charge in [-0.2, -0.15) is 0 Å². The number of anilines is 1. The summed E-state index contributed by atoms with van der Waals surface area (Å²) in [6, 6.07) is 3.45. The van der Waals surface area contributed by atoms with Crippen molar-refractivity contribution in [2.75, 3.05) is 5.73 Å². The number of aryl methyl sites for hydroxylation is 1. The van der Waals surface area contributed by atoms with Crippen LogP contribution in [0.3, 0.4) is 0 Å². The van der Waals surface area contributed by atoms with Crippen LogP contribution in [-0.2, 0) is 6.42 Å². The summed E-state index contributed by atoms with van der Waals surface area (Å²) in [5.74, 6) is -0.276. The Morgan fingerprint density at radius 1 is 1.40 bits per heavy atom. The molecule has 2 nitrogen and oxygen atoms in total. The van der Waals surface area contributed by atoms with Crippen LogP contribution in [-0.4, -0.2) is 4.98 Å². The van der Waals surface area contributed by atoms with Gasteiger partial charge in [0.1, 0.15) is 5.52 Å². The van der Waals surface area contributed by atoms with Crippen LogP contribution in [0.1, 0.15) is 26.3 Å². The number of hydrogen-bond acceptors (Lipinski definition) is 3. The minimum absolute atomic E-state index is 0.276. The normalized spacial score (nSPS) is 9.87. The van der Waals surface area contributed by atoms with E-state index in [2.05, 4.69) is 4.98 Å². The molecule has 0 unspecified atom stereocenters. The average Bonchev–Trinajstić information content (AvgIpc) is 2.62. The van der Waals surface area contributed by atoms with Crippen molar-refractivity contribution in [3.05, 3.63) is 23.5 Å². The van der Waals surface area contributed by atoms with Gasteiger partial charge in [0.15, 0.2) is 10.9 Å². The third-order valence-electron chi connectivity index (χ3n) is 1.93. The van der Waals surface area contributed by atoms with E-state index in [1.54, 1.807) is 0 Å². The largest absolute Gasteiger partial charge is 0.375 e. The van der Waals surface area contributed by atoms with E-state index >= 15 is 0 Å². The maximum absolute atomic E-state index is 13.3. The number of hydrogen-bond donors (Lipinski definition) is 1. The predicted octanol–water partition coefficient (Wildman–Crippen LogP) is 3.61. The first-order valence-corrected chi connectivity index (χ1v) is 5.86. The van der Waals surface area contributed by atoms with Crippen LogP contribution < -0.4 is 5.73 Å². The molecule has 0 aliphatic heterocycles. The zero-order chi connectivity index (χ0) is 11.4. The Bertz CT molecular complexity index is 451. The van der Waals surface area contributed by atoms with Crippen LogP contribution in [0.25, 0.3) is 10.2 Å². The van der Waals surface area contributed by atoms with E-state index in [1.807, 2.05) is 26.8 Å². The molecular weight excluding hydrogens is 211 g/mol. The minimum atomic E-state index is -0.276. The van der Waals surface area contributed by atoms with E-state index in [0.717, 1.165) is 16.7 Å². The molecule has 1 heterocycles. The van der Waals surface area contributed by atoms with Gasteiger partial charge in [-0.25, -0.2) is 9.37 Å². The Labute approximate surface area is 92.9 Å². The van der Waals surface area contributed by atoms with Gasteiger partial charge in [-0.15, -0.1) is 0 Å². The molecule has 0 atom stereocenters. The van der Waals surface area contributed by atoms with Crippen LogP contribution in [0.4, 0.5) is 9.52 Å². The highest BCUT2D eigenvalue weighted by Crippen LogP contribution is 2.27. The number of halogens is 1. The number of nitrogen functional groups attached to an aromatic ring is 1. The van der Waals surface area contributed by atoms with Gasteiger partial charge in [0, 0.05) is 0 Å². The van der Waals surface area contributed by atoms with E-state index in [9.17, 15) is 4.39 Å². The molecule has 1 aromatic heterocycles. The van der Waals surface area contributed by atoms with Gasteiger partial charge in [0.25, 0.3) is 0 Å². The lowest BCUT2D eigenvalue weighted by atomic mass is 10.1. The van der Waals surface area contributed by atoms with Gasteiger partial charge in [-0.1, -0.05) is 32.1 Å². The maximum Gasteiger partial charge on any atom is 0.181 e. The highest BCUT2D eigenvalue weighted by molar-refractivity contribution is 7.22.